The van der Waals surface area contributed by atoms with E-state index < -0.39 is 5.97 Å². The predicted molar refractivity (Wildman–Crippen MR) is 113 cm³/mol. The van der Waals surface area contributed by atoms with Crippen molar-refractivity contribution in [1.29, 1.82) is 0 Å². The van der Waals surface area contributed by atoms with E-state index in [0.29, 0.717) is 28.8 Å². The van der Waals surface area contributed by atoms with E-state index in [0.717, 1.165) is 11.1 Å². The van der Waals surface area contributed by atoms with Gasteiger partial charge < -0.3 is 14.6 Å². The Balaban J connectivity index is 1.68. The molecule has 0 bridgehead atoms. The smallest absolute Gasteiger partial charge is 0.337 e. The highest BCUT2D eigenvalue weighted by molar-refractivity contribution is 6.30. The summed E-state index contributed by atoms with van der Waals surface area (Å²) in [7, 11) is 1.56. The highest BCUT2D eigenvalue weighted by Gasteiger charge is 2.08. The molecule has 0 saturated carbocycles. The maximum Gasteiger partial charge on any atom is 0.337 e. The maximum absolute atomic E-state index is 11.2. The molecule has 0 unspecified atom stereocenters. The number of rotatable bonds is 8. The van der Waals surface area contributed by atoms with Crippen LogP contribution in [0.5, 0.6) is 11.5 Å². The highest BCUT2D eigenvalue weighted by atomic mass is 35.5. The molecule has 0 aliphatic heterocycles. The van der Waals surface area contributed by atoms with Crippen LogP contribution in [0.4, 0.5) is 5.69 Å². The number of hydrazone groups is 1. The molecular formula is C22H19ClN2O4. The second kappa shape index (κ2) is 9.61. The zero-order valence-corrected chi connectivity index (χ0v) is 16.4. The minimum atomic E-state index is -1.02. The summed E-state index contributed by atoms with van der Waals surface area (Å²) in [6.45, 7) is 0.359. The van der Waals surface area contributed by atoms with Crippen LogP contribution in [0.2, 0.25) is 5.02 Å². The van der Waals surface area contributed by atoms with Crippen LogP contribution in [-0.2, 0) is 6.61 Å². The third kappa shape index (κ3) is 5.49. The predicted octanol–water partition coefficient (Wildman–Crippen LogP) is 5.07. The van der Waals surface area contributed by atoms with Gasteiger partial charge in [0, 0.05) is 5.02 Å². The first-order valence-corrected chi connectivity index (χ1v) is 9.11. The molecule has 2 N–H and O–H groups in total. The largest absolute Gasteiger partial charge is 0.493 e. The number of benzene rings is 3. The van der Waals surface area contributed by atoms with E-state index in [1.807, 2.05) is 30.3 Å². The van der Waals surface area contributed by atoms with Crippen molar-refractivity contribution >= 4 is 29.5 Å². The van der Waals surface area contributed by atoms with Gasteiger partial charge in [0.25, 0.3) is 0 Å². The first-order valence-electron chi connectivity index (χ1n) is 8.73. The molecule has 0 fully saturated rings. The average molecular weight is 411 g/mol. The van der Waals surface area contributed by atoms with Crippen molar-refractivity contribution < 1.29 is 19.4 Å². The Hall–Kier alpha value is -3.51. The summed E-state index contributed by atoms with van der Waals surface area (Å²) in [5, 5.41) is 14.0. The van der Waals surface area contributed by atoms with Gasteiger partial charge in [-0.25, -0.2) is 4.79 Å². The van der Waals surface area contributed by atoms with Crippen LogP contribution in [0.3, 0.4) is 0 Å². The molecule has 0 aliphatic carbocycles. The Bertz CT molecular complexity index is 1040. The molecule has 0 aromatic heterocycles. The monoisotopic (exact) mass is 410 g/mol. The highest BCUT2D eigenvalue weighted by Crippen LogP contribution is 2.28. The quantitative estimate of drug-likeness (QED) is 0.400. The van der Waals surface area contributed by atoms with Crippen LogP contribution in [0.25, 0.3) is 0 Å². The first-order chi connectivity index (χ1) is 14.1. The van der Waals surface area contributed by atoms with Gasteiger partial charge in [0.05, 0.1) is 24.6 Å². The number of hydrogen-bond acceptors (Lipinski definition) is 5. The van der Waals surface area contributed by atoms with E-state index in [2.05, 4.69) is 10.5 Å². The van der Waals surface area contributed by atoms with Crippen molar-refractivity contribution in [2.75, 3.05) is 12.5 Å². The van der Waals surface area contributed by atoms with Crippen LogP contribution in [0.1, 0.15) is 21.5 Å². The molecule has 3 aromatic rings. The molecular weight excluding hydrogens is 392 g/mol. The molecule has 0 atom stereocenters. The summed E-state index contributed by atoms with van der Waals surface area (Å²) in [5.41, 5.74) is 5.02. The van der Waals surface area contributed by atoms with Crippen LogP contribution < -0.4 is 14.9 Å². The van der Waals surface area contributed by atoms with E-state index >= 15 is 0 Å². The van der Waals surface area contributed by atoms with Gasteiger partial charge in [-0.3, -0.25) is 5.43 Å². The summed E-state index contributed by atoms with van der Waals surface area (Å²) in [6.07, 6.45) is 1.57. The fraction of sp³-hybridized carbons (Fsp3) is 0.0909. The summed E-state index contributed by atoms with van der Waals surface area (Å²) in [6, 6.07) is 19.4. The summed E-state index contributed by atoms with van der Waals surface area (Å²) in [5.74, 6) is 0.127. The lowest BCUT2D eigenvalue weighted by molar-refractivity contribution is 0.0698. The summed E-state index contributed by atoms with van der Waals surface area (Å²) >= 11 is 5.99. The molecule has 0 radical (unpaired) electrons. The molecule has 148 valence electrons. The van der Waals surface area contributed by atoms with Gasteiger partial charge in [0.2, 0.25) is 0 Å². The lowest BCUT2D eigenvalue weighted by Crippen LogP contribution is -2.02. The number of methoxy groups -OCH3 is 1. The van der Waals surface area contributed by atoms with Crippen LogP contribution >= 0.6 is 11.6 Å². The second-order valence-electron chi connectivity index (χ2n) is 6.05. The standard InChI is InChI=1S/C22H19ClN2O4/c1-28-21-12-15(13-24-25-19-8-3-2-7-18(19)22(26)27)9-10-20(21)29-14-16-5-4-6-17(23)11-16/h2-13,25H,14H2,1H3,(H,26,27)/b24-13+. The van der Waals surface area contributed by atoms with Gasteiger partial charge in [-0.15, -0.1) is 0 Å². The fourth-order valence-electron chi connectivity index (χ4n) is 2.62. The Morgan fingerprint density at radius 3 is 2.69 bits per heavy atom. The molecule has 3 aromatic carbocycles. The van der Waals surface area contributed by atoms with Crippen molar-refractivity contribution in [2.24, 2.45) is 5.10 Å². The Morgan fingerprint density at radius 2 is 1.93 bits per heavy atom. The number of carboxylic acid groups (broad SMARTS) is 1. The van der Waals surface area contributed by atoms with Crippen molar-refractivity contribution in [3.8, 4) is 11.5 Å². The van der Waals surface area contributed by atoms with Gasteiger partial charge >= 0.3 is 5.97 Å². The molecule has 6 nitrogen and oxygen atoms in total. The van der Waals surface area contributed by atoms with Gasteiger partial charge in [0.15, 0.2) is 11.5 Å². The minimum absolute atomic E-state index is 0.145. The second-order valence-corrected chi connectivity index (χ2v) is 6.49. The molecule has 0 heterocycles. The molecule has 29 heavy (non-hydrogen) atoms. The number of nitrogens with zero attached hydrogens (tertiary/aromatic N) is 1. The number of carbonyl (C=O) groups is 1. The topological polar surface area (TPSA) is 80.2 Å². The lowest BCUT2D eigenvalue weighted by atomic mass is 10.2. The van der Waals surface area contributed by atoms with Gasteiger partial charge in [-0.1, -0.05) is 35.9 Å². The van der Waals surface area contributed by atoms with Crippen LogP contribution in [0, 0.1) is 0 Å². The van der Waals surface area contributed by atoms with Crippen molar-refractivity contribution in [1.82, 2.24) is 0 Å². The number of para-hydroxylation sites is 1. The van der Waals surface area contributed by atoms with Gasteiger partial charge in [0.1, 0.15) is 6.61 Å². The number of hydrogen-bond donors (Lipinski definition) is 2. The molecule has 0 aliphatic rings. The Labute approximate surface area is 173 Å². The lowest BCUT2D eigenvalue weighted by Gasteiger charge is -2.11. The number of ether oxygens (including phenoxy) is 2. The normalized spacial score (nSPS) is 10.7. The molecule has 0 amide bonds. The number of nitrogens with one attached hydrogen (secondary N) is 1. The maximum atomic E-state index is 11.2. The molecule has 3 rings (SSSR count). The van der Waals surface area contributed by atoms with E-state index in [-0.39, 0.29) is 5.56 Å². The SMILES string of the molecule is COc1cc(/C=N/Nc2ccccc2C(=O)O)ccc1OCc1cccc(Cl)c1. The third-order valence-electron chi connectivity index (χ3n) is 4.03. The van der Waals surface area contributed by atoms with Gasteiger partial charge in [-0.2, -0.15) is 5.10 Å². The van der Waals surface area contributed by atoms with Gasteiger partial charge in [-0.05, 0) is 53.6 Å². The number of carboxylic acids is 1. The van der Waals surface area contributed by atoms with Crippen molar-refractivity contribution in [3.63, 3.8) is 0 Å². The Morgan fingerprint density at radius 1 is 1.10 bits per heavy atom. The number of anilines is 1. The van der Waals surface area contributed by atoms with E-state index in [1.54, 1.807) is 43.7 Å². The molecule has 0 saturated heterocycles. The van der Waals surface area contributed by atoms with Crippen molar-refractivity contribution in [2.45, 2.75) is 6.61 Å². The van der Waals surface area contributed by atoms with E-state index in [9.17, 15) is 9.90 Å². The minimum Gasteiger partial charge on any atom is -0.493 e. The summed E-state index contributed by atoms with van der Waals surface area (Å²) in [4.78, 5) is 11.2. The number of halogens is 1. The average Bonchev–Trinajstić information content (AvgIpc) is 2.73. The molecule has 7 heteroatoms. The third-order valence-corrected chi connectivity index (χ3v) is 4.26. The van der Waals surface area contributed by atoms with Crippen LogP contribution in [0.15, 0.2) is 71.8 Å². The van der Waals surface area contributed by atoms with E-state index in [1.165, 1.54) is 6.07 Å². The zero-order chi connectivity index (χ0) is 20.6. The van der Waals surface area contributed by atoms with Crippen LogP contribution in [-0.4, -0.2) is 24.4 Å². The molecule has 0 spiro atoms. The fourth-order valence-corrected chi connectivity index (χ4v) is 2.83. The zero-order valence-electron chi connectivity index (χ0n) is 15.6. The number of aromatic carboxylic acids is 1. The first kappa shape index (κ1) is 20.2. The summed E-state index contributed by atoms with van der Waals surface area (Å²) < 4.78 is 11.2. The Kier molecular flexibility index (Phi) is 6.71. The van der Waals surface area contributed by atoms with Crippen molar-refractivity contribution in [3.05, 3.63) is 88.4 Å². The van der Waals surface area contributed by atoms with E-state index in [4.69, 9.17) is 21.1 Å².